The second-order valence-corrected chi connectivity index (χ2v) is 6.68. The topological polar surface area (TPSA) is 89.3 Å². The second-order valence-electron chi connectivity index (χ2n) is 6.68. The first kappa shape index (κ1) is 18.2. The Morgan fingerprint density at radius 2 is 2.00 bits per heavy atom. The predicted molar refractivity (Wildman–Crippen MR) is 103 cm³/mol. The Kier molecular flexibility index (Phi) is 5.63. The standard InChI is InChI=1S/C21H22N4O3/c26-21(18-7-4-12-22-18)23-13-19-24-20(25-28-19)16-10-8-15(9-11-16)14-27-17-5-2-1-3-6-17/h1-3,5-6,8-11,18,22H,4,7,12-14H2,(H,23,26). The normalized spacial score (nSPS) is 16.1. The molecule has 3 aromatic rings. The number of para-hydroxylation sites is 1. The number of carbonyl (C=O) groups excluding carboxylic acids is 1. The molecule has 1 amide bonds. The third-order valence-electron chi connectivity index (χ3n) is 4.62. The molecule has 4 rings (SSSR count). The van der Waals surface area contributed by atoms with E-state index < -0.39 is 0 Å². The van der Waals surface area contributed by atoms with Crippen molar-refractivity contribution in [3.63, 3.8) is 0 Å². The van der Waals surface area contributed by atoms with E-state index in [2.05, 4.69) is 20.8 Å². The number of amides is 1. The molecule has 2 N–H and O–H groups in total. The van der Waals surface area contributed by atoms with Crippen LogP contribution in [0.2, 0.25) is 0 Å². The van der Waals surface area contributed by atoms with E-state index in [-0.39, 0.29) is 18.5 Å². The number of ether oxygens (including phenoxy) is 1. The summed E-state index contributed by atoms with van der Waals surface area (Å²) in [6, 6.07) is 17.4. The molecule has 2 aromatic carbocycles. The Balaban J connectivity index is 1.31. The first-order valence-electron chi connectivity index (χ1n) is 9.39. The lowest BCUT2D eigenvalue weighted by molar-refractivity contribution is -0.123. The summed E-state index contributed by atoms with van der Waals surface area (Å²) in [5.41, 5.74) is 1.90. The molecule has 0 radical (unpaired) electrons. The third-order valence-corrected chi connectivity index (χ3v) is 4.62. The van der Waals surface area contributed by atoms with Crippen molar-refractivity contribution in [2.75, 3.05) is 6.54 Å². The van der Waals surface area contributed by atoms with E-state index in [1.165, 1.54) is 0 Å². The van der Waals surface area contributed by atoms with Gasteiger partial charge in [-0.2, -0.15) is 4.98 Å². The highest BCUT2D eigenvalue weighted by Crippen LogP contribution is 2.18. The maximum Gasteiger partial charge on any atom is 0.246 e. The zero-order chi connectivity index (χ0) is 19.2. The van der Waals surface area contributed by atoms with Gasteiger partial charge < -0.3 is 19.9 Å². The van der Waals surface area contributed by atoms with Gasteiger partial charge in [-0.25, -0.2) is 0 Å². The van der Waals surface area contributed by atoms with E-state index in [4.69, 9.17) is 9.26 Å². The number of carbonyl (C=O) groups is 1. The first-order valence-corrected chi connectivity index (χ1v) is 9.39. The van der Waals surface area contributed by atoms with E-state index in [1.807, 2.05) is 54.6 Å². The molecule has 7 heteroatoms. The summed E-state index contributed by atoms with van der Waals surface area (Å²) >= 11 is 0. The summed E-state index contributed by atoms with van der Waals surface area (Å²) in [6.07, 6.45) is 1.89. The first-order chi connectivity index (χ1) is 13.8. The van der Waals surface area contributed by atoms with Crippen molar-refractivity contribution in [1.82, 2.24) is 20.8 Å². The molecule has 0 spiro atoms. The summed E-state index contributed by atoms with van der Waals surface area (Å²) in [5, 5.41) is 9.99. The Hall–Kier alpha value is -3.19. The Labute approximate surface area is 163 Å². The fraction of sp³-hybridized carbons (Fsp3) is 0.286. The van der Waals surface area contributed by atoms with E-state index >= 15 is 0 Å². The summed E-state index contributed by atoms with van der Waals surface area (Å²) in [6.45, 7) is 1.60. The monoisotopic (exact) mass is 378 g/mol. The van der Waals surface area contributed by atoms with Crippen LogP contribution in [0.25, 0.3) is 11.4 Å². The minimum atomic E-state index is -0.118. The Morgan fingerprint density at radius 3 is 2.75 bits per heavy atom. The molecule has 1 saturated heterocycles. The highest BCUT2D eigenvalue weighted by atomic mass is 16.5. The Bertz CT molecular complexity index is 903. The highest BCUT2D eigenvalue weighted by Gasteiger charge is 2.22. The lowest BCUT2D eigenvalue weighted by atomic mass is 10.1. The van der Waals surface area contributed by atoms with Crippen molar-refractivity contribution in [3.8, 4) is 17.1 Å². The second kappa shape index (κ2) is 8.67. The summed E-state index contributed by atoms with van der Waals surface area (Å²) in [5.74, 6) is 1.70. The van der Waals surface area contributed by atoms with Gasteiger partial charge in [0.25, 0.3) is 0 Å². The van der Waals surface area contributed by atoms with Gasteiger partial charge in [-0.15, -0.1) is 0 Å². The van der Waals surface area contributed by atoms with E-state index in [1.54, 1.807) is 0 Å². The van der Waals surface area contributed by atoms with Gasteiger partial charge in [-0.1, -0.05) is 47.6 Å². The molecule has 28 heavy (non-hydrogen) atoms. The van der Waals surface area contributed by atoms with Crippen LogP contribution in [0.3, 0.4) is 0 Å². The van der Waals surface area contributed by atoms with Crippen LogP contribution in [0.5, 0.6) is 5.75 Å². The van der Waals surface area contributed by atoms with E-state index in [0.717, 1.165) is 36.3 Å². The van der Waals surface area contributed by atoms with Crippen molar-refractivity contribution in [2.24, 2.45) is 0 Å². The number of benzene rings is 2. The van der Waals surface area contributed by atoms with Gasteiger partial charge >= 0.3 is 0 Å². The van der Waals surface area contributed by atoms with Crippen LogP contribution in [0.15, 0.2) is 59.1 Å². The maximum absolute atomic E-state index is 12.0. The molecule has 1 aliphatic rings. The van der Waals surface area contributed by atoms with Crippen LogP contribution < -0.4 is 15.4 Å². The van der Waals surface area contributed by atoms with Gasteiger partial charge in [0, 0.05) is 5.56 Å². The molecule has 0 aliphatic carbocycles. The van der Waals surface area contributed by atoms with Crippen molar-refractivity contribution >= 4 is 5.91 Å². The van der Waals surface area contributed by atoms with Crippen LogP contribution >= 0.6 is 0 Å². The molecular weight excluding hydrogens is 356 g/mol. The fourth-order valence-electron chi connectivity index (χ4n) is 3.07. The zero-order valence-corrected chi connectivity index (χ0v) is 15.4. The third kappa shape index (κ3) is 4.55. The predicted octanol–water partition coefficient (Wildman–Crippen LogP) is 2.68. The molecule has 144 valence electrons. The van der Waals surface area contributed by atoms with Crippen LogP contribution in [-0.2, 0) is 17.9 Å². The summed E-state index contributed by atoms with van der Waals surface area (Å²) in [4.78, 5) is 16.4. The molecule has 0 bridgehead atoms. The van der Waals surface area contributed by atoms with Gasteiger partial charge in [-0.3, -0.25) is 4.79 Å². The van der Waals surface area contributed by atoms with E-state index in [0.29, 0.717) is 18.3 Å². The average Bonchev–Trinajstić information content (AvgIpc) is 3.44. The molecule has 1 aliphatic heterocycles. The SMILES string of the molecule is O=C(NCc1nc(-c2ccc(COc3ccccc3)cc2)no1)C1CCCN1. The van der Waals surface area contributed by atoms with Crippen LogP contribution in [-0.4, -0.2) is 28.6 Å². The number of rotatable bonds is 7. The number of aromatic nitrogens is 2. The summed E-state index contributed by atoms with van der Waals surface area (Å²) < 4.78 is 11.0. The number of nitrogens with zero attached hydrogens (tertiary/aromatic N) is 2. The molecule has 1 fully saturated rings. The van der Waals surface area contributed by atoms with Crippen LogP contribution in [0, 0.1) is 0 Å². The lowest BCUT2D eigenvalue weighted by Gasteiger charge is -2.08. The van der Waals surface area contributed by atoms with Gasteiger partial charge in [0.05, 0.1) is 12.6 Å². The van der Waals surface area contributed by atoms with Gasteiger partial charge in [-0.05, 0) is 37.1 Å². The Morgan fingerprint density at radius 1 is 1.18 bits per heavy atom. The van der Waals surface area contributed by atoms with Crippen molar-refractivity contribution in [2.45, 2.75) is 32.0 Å². The van der Waals surface area contributed by atoms with Gasteiger partial charge in [0.15, 0.2) is 0 Å². The smallest absolute Gasteiger partial charge is 0.246 e. The molecule has 0 saturated carbocycles. The van der Waals surface area contributed by atoms with Crippen LogP contribution in [0.4, 0.5) is 0 Å². The van der Waals surface area contributed by atoms with Crippen molar-refractivity contribution < 1.29 is 14.1 Å². The molecule has 1 unspecified atom stereocenters. The molecule has 7 nitrogen and oxygen atoms in total. The van der Waals surface area contributed by atoms with E-state index in [9.17, 15) is 4.79 Å². The molecule has 1 aromatic heterocycles. The number of hydrogen-bond donors (Lipinski definition) is 2. The highest BCUT2D eigenvalue weighted by molar-refractivity contribution is 5.81. The number of hydrogen-bond acceptors (Lipinski definition) is 6. The van der Waals surface area contributed by atoms with Crippen LogP contribution in [0.1, 0.15) is 24.3 Å². The molecule has 2 heterocycles. The summed E-state index contributed by atoms with van der Waals surface area (Å²) in [7, 11) is 0. The average molecular weight is 378 g/mol. The fourth-order valence-corrected chi connectivity index (χ4v) is 3.07. The molecule has 1 atom stereocenters. The quantitative estimate of drug-likeness (QED) is 0.657. The van der Waals surface area contributed by atoms with Crippen molar-refractivity contribution in [3.05, 3.63) is 66.1 Å². The van der Waals surface area contributed by atoms with Gasteiger partial charge in [0.1, 0.15) is 12.4 Å². The van der Waals surface area contributed by atoms with Gasteiger partial charge in [0.2, 0.25) is 17.6 Å². The lowest BCUT2D eigenvalue weighted by Crippen LogP contribution is -2.40. The number of nitrogens with one attached hydrogen (secondary N) is 2. The zero-order valence-electron chi connectivity index (χ0n) is 15.4. The minimum absolute atomic E-state index is 0.0278. The largest absolute Gasteiger partial charge is 0.489 e. The minimum Gasteiger partial charge on any atom is -0.489 e. The van der Waals surface area contributed by atoms with Crippen molar-refractivity contribution in [1.29, 1.82) is 0 Å². The maximum atomic E-state index is 12.0. The molecular formula is C21H22N4O3.